The van der Waals surface area contributed by atoms with Crippen LogP contribution >= 0.6 is 27.3 Å². The summed E-state index contributed by atoms with van der Waals surface area (Å²) in [5.74, 6) is 0. The van der Waals surface area contributed by atoms with E-state index in [1.54, 1.807) is 35.6 Å². The van der Waals surface area contributed by atoms with Crippen LogP contribution in [0.1, 0.15) is 10.4 Å². The van der Waals surface area contributed by atoms with Gasteiger partial charge in [0.1, 0.15) is 0 Å². The maximum atomic E-state index is 11.1. The predicted octanol–water partition coefficient (Wildman–Crippen LogP) is 2.49. The third kappa shape index (κ3) is 4.68. The first-order valence-electron chi connectivity index (χ1n) is 6.02. The van der Waals surface area contributed by atoms with Gasteiger partial charge >= 0.3 is 0 Å². The van der Waals surface area contributed by atoms with Gasteiger partial charge in [-0.2, -0.15) is 0 Å². The highest BCUT2D eigenvalue weighted by Crippen LogP contribution is 2.21. The van der Waals surface area contributed by atoms with Crippen molar-refractivity contribution < 1.29 is 8.42 Å². The van der Waals surface area contributed by atoms with Crippen molar-refractivity contribution in [3.05, 3.63) is 50.6 Å². The number of nitrogens with one attached hydrogen (secondary N) is 1. The minimum atomic E-state index is -3.60. The topological polar surface area (TPSA) is 72.2 Å². The standard InChI is InChI=1S/C13H15BrN2O2S2/c14-13-6-3-11(19-13)9-16-8-7-10-1-4-12(5-2-10)20(15,17)18/h1-6,16H,7-9H2,(H2,15,17,18). The maximum Gasteiger partial charge on any atom is 0.238 e. The van der Waals surface area contributed by atoms with E-state index in [4.69, 9.17) is 5.14 Å². The Kier molecular flexibility index (Phi) is 5.34. The van der Waals surface area contributed by atoms with Crippen molar-refractivity contribution in [2.24, 2.45) is 5.14 Å². The lowest BCUT2D eigenvalue weighted by Crippen LogP contribution is -2.16. The second-order valence-electron chi connectivity index (χ2n) is 4.32. The van der Waals surface area contributed by atoms with Gasteiger partial charge in [0.25, 0.3) is 0 Å². The molecular formula is C13H15BrN2O2S2. The van der Waals surface area contributed by atoms with E-state index in [-0.39, 0.29) is 4.90 Å². The molecule has 0 spiro atoms. The molecule has 0 aliphatic heterocycles. The van der Waals surface area contributed by atoms with E-state index in [1.165, 1.54) is 4.88 Å². The summed E-state index contributed by atoms with van der Waals surface area (Å²) in [6, 6.07) is 10.8. The molecule has 0 aliphatic carbocycles. The van der Waals surface area contributed by atoms with Crippen molar-refractivity contribution in [3.8, 4) is 0 Å². The molecule has 0 unspecified atom stereocenters. The number of benzene rings is 1. The molecule has 0 saturated carbocycles. The SMILES string of the molecule is NS(=O)(=O)c1ccc(CCNCc2ccc(Br)s2)cc1. The van der Waals surface area contributed by atoms with E-state index in [9.17, 15) is 8.42 Å². The summed E-state index contributed by atoms with van der Waals surface area (Å²) in [6.07, 6.45) is 0.845. The van der Waals surface area contributed by atoms with Gasteiger partial charge in [0, 0.05) is 11.4 Å². The molecule has 3 N–H and O–H groups in total. The Morgan fingerprint density at radius 1 is 1.15 bits per heavy atom. The summed E-state index contributed by atoms with van der Waals surface area (Å²) in [5, 5.41) is 8.41. The molecule has 0 atom stereocenters. The fraction of sp³-hybridized carbons (Fsp3) is 0.231. The average molecular weight is 375 g/mol. The van der Waals surface area contributed by atoms with Gasteiger partial charge in [0.15, 0.2) is 0 Å². The highest BCUT2D eigenvalue weighted by Gasteiger charge is 2.06. The highest BCUT2D eigenvalue weighted by molar-refractivity contribution is 9.11. The van der Waals surface area contributed by atoms with Crippen LogP contribution in [0, 0.1) is 0 Å². The van der Waals surface area contributed by atoms with Crippen molar-refractivity contribution in [3.63, 3.8) is 0 Å². The number of nitrogens with two attached hydrogens (primary N) is 1. The lowest BCUT2D eigenvalue weighted by Gasteiger charge is -2.04. The van der Waals surface area contributed by atoms with Crippen LogP contribution in [0.15, 0.2) is 45.1 Å². The minimum Gasteiger partial charge on any atom is -0.312 e. The Morgan fingerprint density at radius 2 is 1.85 bits per heavy atom. The third-order valence-corrected chi connectivity index (χ3v) is 5.32. The van der Waals surface area contributed by atoms with Gasteiger partial charge in [-0.15, -0.1) is 11.3 Å². The molecule has 2 rings (SSSR count). The van der Waals surface area contributed by atoms with Gasteiger partial charge in [-0.25, -0.2) is 13.6 Å². The Balaban J connectivity index is 1.80. The highest BCUT2D eigenvalue weighted by atomic mass is 79.9. The number of hydrogen-bond acceptors (Lipinski definition) is 4. The van der Waals surface area contributed by atoms with Gasteiger partial charge in [-0.3, -0.25) is 0 Å². The van der Waals surface area contributed by atoms with Crippen LogP contribution in [0.2, 0.25) is 0 Å². The Morgan fingerprint density at radius 3 is 2.40 bits per heavy atom. The summed E-state index contributed by atoms with van der Waals surface area (Å²) in [4.78, 5) is 1.43. The number of halogens is 1. The summed E-state index contributed by atoms with van der Waals surface area (Å²) in [7, 11) is -3.60. The largest absolute Gasteiger partial charge is 0.312 e. The molecule has 2 aromatic rings. The molecule has 1 aromatic heterocycles. The summed E-state index contributed by atoms with van der Waals surface area (Å²) in [5.41, 5.74) is 1.08. The zero-order valence-corrected chi connectivity index (χ0v) is 13.9. The van der Waals surface area contributed by atoms with Crippen LogP contribution in [0.3, 0.4) is 0 Å². The smallest absolute Gasteiger partial charge is 0.238 e. The molecule has 4 nitrogen and oxygen atoms in total. The van der Waals surface area contributed by atoms with E-state index in [2.05, 4.69) is 27.3 Å². The zero-order valence-electron chi connectivity index (χ0n) is 10.7. The van der Waals surface area contributed by atoms with Crippen LogP contribution in [0.5, 0.6) is 0 Å². The van der Waals surface area contributed by atoms with Gasteiger partial charge < -0.3 is 5.32 Å². The van der Waals surface area contributed by atoms with E-state index in [0.29, 0.717) is 0 Å². The predicted molar refractivity (Wildman–Crippen MR) is 85.2 cm³/mol. The zero-order chi connectivity index (χ0) is 14.6. The molecule has 1 aromatic carbocycles. The third-order valence-electron chi connectivity index (χ3n) is 2.77. The average Bonchev–Trinajstić information content (AvgIpc) is 2.80. The Labute approximate surface area is 131 Å². The molecule has 20 heavy (non-hydrogen) atoms. The van der Waals surface area contributed by atoms with E-state index in [1.807, 2.05) is 6.07 Å². The molecule has 7 heteroatoms. The summed E-state index contributed by atoms with van der Waals surface area (Å²) in [6.45, 7) is 1.68. The van der Waals surface area contributed by atoms with Gasteiger partial charge in [0.2, 0.25) is 10.0 Å². The van der Waals surface area contributed by atoms with Crippen LogP contribution in [-0.2, 0) is 23.0 Å². The summed E-state index contributed by atoms with van der Waals surface area (Å²) >= 11 is 5.14. The maximum absolute atomic E-state index is 11.1. The molecule has 0 aliphatic rings. The van der Waals surface area contributed by atoms with Crippen LogP contribution < -0.4 is 10.5 Å². The van der Waals surface area contributed by atoms with Crippen molar-refractivity contribution in [1.29, 1.82) is 0 Å². The quantitative estimate of drug-likeness (QED) is 0.762. The monoisotopic (exact) mass is 374 g/mol. The fourth-order valence-electron chi connectivity index (χ4n) is 1.74. The van der Waals surface area contributed by atoms with Crippen molar-refractivity contribution in [1.82, 2.24) is 5.32 Å². The van der Waals surface area contributed by atoms with E-state index in [0.717, 1.165) is 28.9 Å². The lowest BCUT2D eigenvalue weighted by atomic mass is 10.1. The molecule has 108 valence electrons. The number of hydrogen-bond donors (Lipinski definition) is 2. The number of primary sulfonamides is 1. The second kappa shape index (κ2) is 6.82. The van der Waals surface area contributed by atoms with Crippen molar-refractivity contribution in [2.45, 2.75) is 17.9 Å². The normalized spacial score (nSPS) is 11.7. The van der Waals surface area contributed by atoms with Crippen molar-refractivity contribution >= 4 is 37.3 Å². The van der Waals surface area contributed by atoms with Crippen molar-refractivity contribution in [2.75, 3.05) is 6.54 Å². The first kappa shape index (κ1) is 15.7. The molecular weight excluding hydrogens is 360 g/mol. The minimum absolute atomic E-state index is 0.151. The number of sulfonamides is 1. The first-order valence-corrected chi connectivity index (χ1v) is 9.17. The summed E-state index contributed by atoms with van der Waals surface area (Å²) < 4.78 is 23.4. The van der Waals surface area contributed by atoms with Gasteiger partial charge in [0.05, 0.1) is 8.68 Å². The first-order chi connectivity index (χ1) is 9.45. The van der Waals surface area contributed by atoms with Crippen LogP contribution in [-0.4, -0.2) is 15.0 Å². The Bertz CT molecular complexity index is 666. The second-order valence-corrected chi connectivity index (χ2v) is 8.43. The van der Waals surface area contributed by atoms with Crippen LogP contribution in [0.25, 0.3) is 0 Å². The number of thiophene rings is 1. The molecule has 1 heterocycles. The Hall–Kier alpha value is -0.730. The van der Waals surface area contributed by atoms with E-state index >= 15 is 0 Å². The fourth-order valence-corrected chi connectivity index (χ4v) is 3.71. The van der Waals surface area contributed by atoms with Gasteiger partial charge in [-0.1, -0.05) is 12.1 Å². The number of rotatable bonds is 6. The lowest BCUT2D eigenvalue weighted by molar-refractivity contribution is 0.597. The molecule has 0 fully saturated rings. The molecule has 0 radical (unpaired) electrons. The van der Waals surface area contributed by atoms with Gasteiger partial charge in [-0.05, 0) is 58.7 Å². The molecule has 0 amide bonds. The molecule has 0 saturated heterocycles. The van der Waals surface area contributed by atoms with Crippen LogP contribution in [0.4, 0.5) is 0 Å². The van der Waals surface area contributed by atoms with E-state index < -0.39 is 10.0 Å². The molecule has 0 bridgehead atoms.